The van der Waals surface area contributed by atoms with Crippen molar-refractivity contribution in [1.29, 1.82) is 0 Å². The third kappa shape index (κ3) is 4.18. The quantitative estimate of drug-likeness (QED) is 0.906. The van der Waals surface area contributed by atoms with Crippen molar-refractivity contribution >= 4 is 5.82 Å². The highest BCUT2D eigenvalue weighted by Gasteiger charge is 2.32. The maximum absolute atomic E-state index is 12.5. The van der Waals surface area contributed by atoms with Crippen LogP contribution in [-0.2, 0) is 0 Å². The minimum atomic E-state index is -4.24. The number of hydrogen-bond donors (Lipinski definition) is 1. The molecule has 1 atom stereocenters. The number of alkyl halides is 3. The Balaban J connectivity index is 2.93. The standard InChI is InChI=1S/C12H18F3N3/c1-8(2)18(7-12(13,14)15)11-5-4-10(6-17-11)9(3)16/h4-6,8-9H,7,16H2,1-3H3/t9-/m1/s1. The summed E-state index contributed by atoms with van der Waals surface area (Å²) in [5.41, 5.74) is 6.47. The molecule has 0 fully saturated rings. The fourth-order valence-electron chi connectivity index (χ4n) is 1.56. The number of anilines is 1. The van der Waals surface area contributed by atoms with Gasteiger partial charge in [0.15, 0.2) is 0 Å². The van der Waals surface area contributed by atoms with Gasteiger partial charge >= 0.3 is 6.18 Å². The van der Waals surface area contributed by atoms with Gasteiger partial charge in [0.05, 0.1) is 0 Å². The molecule has 0 aliphatic carbocycles. The van der Waals surface area contributed by atoms with Crippen molar-refractivity contribution in [3.8, 4) is 0 Å². The lowest BCUT2D eigenvalue weighted by molar-refractivity contribution is -0.120. The lowest BCUT2D eigenvalue weighted by Gasteiger charge is -2.28. The Labute approximate surface area is 105 Å². The van der Waals surface area contributed by atoms with Crippen LogP contribution in [0.3, 0.4) is 0 Å². The van der Waals surface area contributed by atoms with E-state index >= 15 is 0 Å². The molecule has 0 saturated carbocycles. The molecular weight excluding hydrogens is 243 g/mol. The van der Waals surface area contributed by atoms with Gasteiger partial charge in [-0.3, -0.25) is 0 Å². The van der Waals surface area contributed by atoms with E-state index < -0.39 is 12.7 Å². The Morgan fingerprint density at radius 2 is 1.89 bits per heavy atom. The van der Waals surface area contributed by atoms with Crippen LogP contribution in [0, 0.1) is 0 Å². The molecule has 6 heteroatoms. The first-order valence-corrected chi connectivity index (χ1v) is 5.75. The average Bonchev–Trinajstić information content (AvgIpc) is 2.24. The highest BCUT2D eigenvalue weighted by molar-refractivity contribution is 5.41. The van der Waals surface area contributed by atoms with Crippen LogP contribution in [0.15, 0.2) is 18.3 Å². The number of nitrogens with two attached hydrogens (primary N) is 1. The topological polar surface area (TPSA) is 42.1 Å². The van der Waals surface area contributed by atoms with E-state index in [4.69, 9.17) is 5.73 Å². The molecular formula is C12H18F3N3. The van der Waals surface area contributed by atoms with Crippen LogP contribution in [0.1, 0.15) is 32.4 Å². The molecule has 3 nitrogen and oxygen atoms in total. The van der Waals surface area contributed by atoms with E-state index in [1.807, 2.05) is 0 Å². The third-order valence-electron chi connectivity index (χ3n) is 2.56. The Morgan fingerprint density at radius 1 is 1.28 bits per heavy atom. The van der Waals surface area contributed by atoms with Gasteiger partial charge in [-0.15, -0.1) is 0 Å². The smallest absolute Gasteiger partial charge is 0.345 e. The second-order valence-electron chi connectivity index (χ2n) is 4.58. The van der Waals surface area contributed by atoms with E-state index in [0.29, 0.717) is 5.82 Å². The molecule has 1 rings (SSSR count). The minimum absolute atomic E-state index is 0.179. The summed E-state index contributed by atoms with van der Waals surface area (Å²) in [5, 5.41) is 0. The van der Waals surface area contributed by atoms with E-state index in [-0.39, 0.29) is 12.1 Å². The molecule has 1 aromatic rings. The lowest BCUT2D eigenvalue weighted by Crippen LogP contribution is -2.39. The van der Waals surface area contributed by atoms with Gasteiger partial charge in [0.2, 0.25) is 0 Å². The molecule has 18 heavy (non-hydrogen) atoms. The second kappa shape index (κ2) is 5.56. The largest absolute Gasteiger partial charge is 0.405 e. The summed E-state index contributed by atoms with van der Waals surface area (Å²) in [4.78, 5) is 5.26. The SMILES string of the molecule is CC(C)N(CC(F)(F)F)c1ccc([C@@H](C)N)cn1. The lowest BCUT2D eigenvalue weighted by atomic mass is 10.1. The molecule has 0 unspecified atom stereocenters. The van der Waals surface area contributed by atoms with Crippen molar-refractivity contribution in [2.45, 2.75) is 39.0 Å². The van der Waals surface area contributed by atoms with Crippen LogP contribution in [0.5, 0.6) is 0 Å². The van der Waals surface area contributed by atoms with Crippen molar-refractivity contribution in [2.24, 2.45) is 5.73 Å². The minimum Gasteiger partial charge on any atom is -0.345 e. The van der Waals surface area contributed by atoms with Gasteiger partial charge in [-0.25, -0.2) is 4.98 Å². The molecule has 0 aliphatic heterocycles. The summed E-state index contributed by atoms with van der Waals surface area (Å²) in [5.74, 6) is 0.312. The number of pyridine rings is 1. The molecule has 2 N–H and O–H groups in total. The number of rotatable bonds is 4. The zero-order chi connectivity index (χ0) is 13.9. The molecule has 0 amide bonds. The first kappa shape index (κ1) is 14.8. The summed E-state index contributed by atoms with van der Waals surface area (Å²) >= 11 is 0. The molecule has 0 aliphatic rings. The van der Waals surface area contributed by atoms with Crippen molar-refractivity contribution in [3.63, 3.8) is 0 Å². The molecule has 0 spiro atoms. The molecule has 0 aromatic carbocycles. The van der Waals surface area contributed by atoms with Crippen LogP contribution in [0.4, 0.5) is 19.0 Å². The predicted molar refractivity (Wildman–Crippen MR) is 65.4 cm³/mol. The van der Waals surface area contributed by atoms with Gasteiger partial charge in [0.1, 0.15) is 12.4 Å². The van der Waals surface area contributed by atoms with Crippen molar-refractivity contribution in [1.82, 2.24) is 4.98 Å². The summed E-state index contributed by atoms with van der Waals surface area (Å²) < 4.78 is 37.4. The summed E-state index contributed by atoms with van der Waals surface area (Å²) in [6, 6.07) is 2.82. The van der Waals surface area contributed by atoms with Crippen LogP contribution >= 0.6 is 0 Å². The summed E-state index contributed by atoms with van der Waals surface area (Å²) in [7, 11) is 0. The normalized spacial score (nSPS) is 13.8. The number of hydrogen-bond acceptors (Lipinski definition) is 3. The number of halogens is 3. The molecule has 0 bridgehead atoms. The summed E-state index contributed by atoms with van der Waals surface area (Å²) in [6.07, 6.45) is -2.72. The van der Waals surface area contributed by atoms with Gasteiger partial charge in [-0.2, -0.15) is 13.2 Å². The van der Waals surface area contributed by atoms with E-state index in [1.165, 1.54) is 11.1 Å². The second-order valence-corrected chi connectivity index (χ2v) is 4.58. The zero-order valence-corrected chi connectivity index (χ0v) is 10.7. The Hall–Kier alpha value is -1.30. The maximum Gasteiger partial charge on any atom is 0.405 e. The molecule has 102 valence electrons. The maximum atomic E-state index is 12.5. The third-order valence-corrected chi connectivity index (χ3v) is 2.56. The van der Waals surface area contributed by atoms with E-state index in [9.17, 15) is 13.2 Å². The fraction of sp³-hybridized carbons (Fsp3) is 0.583. The van der Waals surface area contributed by atoms with E-state index in [1.54, 1.807) is 32.9 Å². The average molecular weight is 261 g/mol. The summed E-state index contributed by atoms with van der Waals surface area (Å²) in [6.45, 7) is 4.20. The predicted octanol–water partition coefficient (Wildman–Crippen LogP) is 2.88. The Kier molecular flexibility index (Phi) is 4.56. The van der Waals surface area contributed by atoms with Crippen LogP contribution in [-0.4, -0.2) is 23.7 Å². The number of aromatic nitrogens is 1. The number of nitrogens with zero attached hydrogens (tertiary/aromatic N) is 2. The first-order valence-electron chi connectivity index (χ1n) is 5.75. The monoisotopic (exact) mass is 261 g/mol. The van der Waals surface area contributed by atoms with Crippen LogP contribution in [0.2, 0.25) is 0 Å². The highest BCUT2D eigenvalue weighted by atomic mass is 19.4. The van der Waals surface area contributed by atoms with Gasteiger partial charge < -0.3 is 10.6 Å². The first-order chi connectivity index (χ1) is 8.20. The van der Waals surface area contributed by atoms with Gasteiger partial charge in [0.25, 0.3) is 0 Å². The molecule has 0 saturated heterocycles. The van der Waals surface area contributed by atoms with Crippen molar-refractivity contribution in [2.75, 3.05) is 11.4 Å². The Bertz CT molecular complexity index is 371. The van der Waals surface area contributed by atoms with Crippen LogP contribution < -0.4 is 10.6 Å². The molecule has 0 radical (unpaired) electrons. The van der Waals surface area contributed by atoms with E-state index in [2.05, 4.69) is 4.98 Å². The van der Waals surface area contributed by atoms with Crippen LogP contribution in [0.25, 0.3) is 0 Å². The Morgan fingerprint density at radius 3 is 2.22 bits per heavy atom. The molecule has 1 aromatic heterocycles. The molecule has 1 heterocycles. The van der Waals surface area contributed by atoms with Gasteiger partial charge in [-0.1, -0.05) is 6.07 Å². The van der Waals surface area contributed by atoms with Crippen molar-refractivity contribution < 1.29 is 13.2 Å². The van der Waals surface area contributed by atoms with Crippen molar-refractivity contribution in [3.05, 3.63) is 23.9 Å². The fourth-order valence-corrected chi connectivity index (χ4v) is 1.56. The van der Waals surface area contributed by atoms with Gasteiger partial charge in [-0.05, 0) is 32.4 Å². The zero-order valence-electron chi connectivity index (χ0n) is 10.7. The van der Waals surface area contributed by atoms with E-state index in [0.717, 1.165) is 5.56 Å². The highest BCUT2D eigenvalue weighted by Crippen LogP contribution is 2.23. The van der Waals surface area contributed by atoms with Gasteiger partial charge in [0, 0.05) is 18.3 Å².